The summed E-state index contributed by atoms with van der Waals surface area (Å²) in [4.78, 5) is 11.7. The Labute approximate surface area is 244 Å². The van der Waals surface area contributed by atoms with Crippen molar-refractivity contribution < 1.29 is 44.2 Å². The summed E-state index contributed by atoms with van der Waals surface area (Å²) in [5, 5.41) is 11.7. The Balaban J connectivity index is 0.00000380. The molecular formula is C32H40NNaO3. The van der Waals surface area contributed by atoms with Gasteiger partial charge in [-0.05, 0) is 79.1 Å². The first-order valence-corrected chi connectivity index (χ1v) is 13.7. The Morgan fingerprint density at radius 2 is 1.62 bits per heavy atom. The average Bonchev–Trinajstić information content (AvgIpc) is 3.25. The molecule has 192 valence electrons. The number of carboxylic acid groups (broad SMARTS) is 1. The topological polar surface area (TPSA) is 54.3 Å². The van der Waals surface area contributed by atoms with Gasteiger partial charge in [0.25, 0.3) is 0 Å². The van der Waals surface area contributed by atoms with E-state index in [1.54, 1.807) is 0 Å². The number of benzene rings is 2. The van der Waals surface area contributed by atoms with Crippen molar-refractivity contribution in [2.45, 2.75) is 84.3 Å². The number of aliphatic carboxylic acids is 1. The van der Waals surface area contributed by atoms with Crippen LogP contribution < -0.4 is 39.4 Å². The van der Waals surface area contributed by atoms with Crippen LogP contribution in [0.1, 0.15) is 69.5 Å². The third kappa shape index (κ3) is 8.49. The van der Waals surface area contributed by atoms with Gasteiger partial charge in [-0.25, -0.2) is 0 Å². The van der Waals surface area contributed by atoms with E-state index in [-0.39, 0.29) is 36.0 Å². The van der Waals surface area contributed by atoms with Gasteiger partial charge in [0.2, 0.25) is 0 Å². The van der Waals surface area contributed by atoms with Gasteiger partial charge in [-0.1, -0.05) is 75.8 Å². The van der Waals surface area contributed by atoms with Crippen molar-refractivity contribution in [3.63, 3.8) is 0 Å². The van der Waals surface area contributed by atoms with Crippen LogP contribution in [0.2, 0.25) is 0 Å². The van der Waals surface area contributed by atoms with Crippen molar-refractivity contribution in [3.8, 4) is 17.0 Å². The standard InChI is InChI=1S/C32H41NO3.Na/c1-3-4-6-9-25-13-15-27(16-14-25)23-33-24(2)12-21-30(33)28-17-19-29(20-18-28)36-31(32(34)35)22-26-10-7-5-8-11-26;/h5,7-8,10-12,17-21,25,27,31H,3-4,6,9,13-16,22-23H2,1-2H3,(H,34,35);/q;+1/p-1/t25?,27?,31-;/m1./s1. The molecule has 0 saturated heterocycles. The number of nitrogens with zero attached hydrogens (tertiary/aromatic N) is 1. The zero-order valence-corrected chi connectivity index (χ0v) is 24.8. The minimum absolute atomic E-state index is 0. The predicted octanol–water partition coefficient (Wildman–Crippen LogP) is 3.59. The van der Waals surface area contributed by atoms with E-state index in [0.29, 0.717) is 5.75 Å². The molecule has 3 aromatic rings. The van der Waals surface area contributed by atoms with Crippen LogP contribution in [-0.2, 0) is 17.8 Å². The van der Waals surface area contributed by atoms with Crippen molar-refractivity contribution in [3.05, 3.63) is 78.0 Å². The predicted molar refractivity (Wildman–Crippen MR) is 144 cm³/mol. The monoisotopic (exact) mass is 509 g/mol. The molecular weight excluding hydrogens is 469 g/mol. The Bertz CT molecular complexity index is 1080. The van der Waals surface area contributed by atoms with E-state index in [1.165, 1.54) is 62.8 Å². The quantitative estimate of drug-likeness (QED) is 0.277. The second kappa shape index (κ2) is 14.8. The van der Waals surface area contributed by atoms with Crippen molar-refractivity contribution in [2.24, 2.45) is 11.8 Å². The summed E-state index contributed by atoms with van der Waals surface area (Å²) in [6.07, 6.45) is 10.1. The molecule has 0 unspecified atom stereocenters. The van der Waals surface area contributed by atoms with Gasteiger partial charge in [-0.2, -0.15) is 0 Å². The minimum Gasteiger partial charge on any atom is -0.546 e. The maximum Gasteiger partial charge on any atom is 1.00 e. The minimum atomic E-state index is -1.20. The second-order valence-electron chi connectivity index (χ2n) is 10.5. The van der Waals surface area contributed by atoms with E-state index in [1.807, 2.05) is 54.6 Å². The van der Waals surface area contributed by atoms with Gasteiger partial charge in [0.05, 0.1) is 5.97 Å². The maximum atomic E-state index is 11.7. The van der Waals surface area contributed by atoms with Gasteiger partial charge in [-0.3, -0.25) is 0 Å². The van der Waals surface area contributed by atoms with E-state index >= 15 is 0 Å². The third-order valence-electron chi connectivity index (χ3n) is 7.78. The van der Waals surface area contributed by atoms with Crippen LogP contribution >= 0.6 is 0 Å². The number of rotatable bonds is 12. The molecule has 1 heterocycles. The molecule has 0 bridgehead atoms. The smallest absolute Gasteiger partial charge is 0.546 e. The van der Waals surface area contributed by atoms with Crippen LogP contribution in [0, 0.1) is 18.8 Å². The van der Waals surface area contributed by atoms with Crippen molar-refractivity contribution >= 4 is 5.97 Å². The number of hydrogen-bond acceptors (Lipinski definition) is 3. The second-order valence-corrected chi connectivity index (χ2v) is 10.5. The van der Waals surface area contributed by atoms with Crippen LogP contribution in [0.4, 0.5) is 0 Å². The molecule has 1 aliphatic rings. The van der Waals surface area contributed by atoms with Gasteiger partial charge in [0, 0.05) is 24.4 Å². The number of unbranched alkanes of at least 4 members (excludes halogenated alkanes) is 2. The van der Waals surface area contributed by atoms with Gasteiger partial charge in [0.1, 0.15) is 11.9 Å². The molecule has 0 N–H and O–H groups in total. The number of aryl methyl sites for hydroxylation is 1. The average molecular weight is 510 g/mol. The van der Waals surface area contributed by atoms with Crippen LogP contribution in [0.15, 0.2) is 66.7 Å². The van der Waals surface area contributed by atoms with Crippen molar-refractivity contribution in [1.29, 1.82) is 0 Å². The van der Waals surface area contributed by atoms with Gasteiger partial charge >= 0.3 is 29.6 Å². The van der Waals surface area contributed by atoms with Crippen molar-refractivity contribution in [1.82, 2.24) is 4.57 Å². The summed E-state index contributed by atoms with van der Waals surface area (Å²) in [5.41, 5.74) is 4.53. The summed E-state index contributed by atoms with van der Waals surface area (Å²) in [6, 6.07) is 21.7. The molecule has 4 nitrogen and oxygen atoms in total. The van der Waals surface area contributed by atoms with Gasteiger partial charge in [0.15, 0.2) is 0 Å². The molecule has 0 spiro atoms. The number of carboxylic acids is 1. The molecule has 1 saturated carbocycles. The van der Waals surface area contributed by atoms with E-state index in [0.717, 1.165) is 29.5 Å². The van der Waals surface area contributed by atoms with Crippen LogP contribution in [0.3, 0.4) is 0 Å². The maximum absolute atomic E-state index is 11.7. The molecule has 0 aliphatic heterocycles. The van der Waals surface area contributed by atoms with E-state index in [9.17, 15) is 9.90 Å². The normalized spacial score (nSPS) is 18.1. The number of carbonyl (C=O) groups is 1. The largest absolute Gasteiger partial charge is 1.00 e. The molecule has 1 atom stereocenters. The molecule has 4 rings (SSSR count). The summed E-state index contributed by atoms with van der Waals surface area (Å²) in [5.74, 6) is 1.01. The molecule has 1 aliphatic carbocycles. The molecule has 0 radical (unpaired) electrons. The van der Waals surface area contributed by atoms with E-state index in [2.05, 4.69) is 30.5 Å². The number of ether oxygens (including phenoxy) is 1. The van der Waals surface area contributed by atoms with Gasteiger partial charge in [-0.15, -0.1) is 0 Å². The molecule has 5 heteroatoms. The van der Waals surface area contributed by atoms with Crippen LogP contribution in [0.5, 0.6) is 5.75 Å². The fraction of sp³-hybridized carbons (Fsp3) is 0.469. The van der Waals surface area contributed by atoms with E-state index in [4.69, 9.17) is 4.74 Å². The zero-order chi connectivity index (χ0) is 25.3. The Morgan fingerprint density at radius 3 is 2.27 bits per heavy atom. The number of aromatic nitrogens is 1. The first kappa shape index (κ1) is 29.5. The molecule has 37 heavy (non-hydrogen) atoms. The fourth-order valence-electron chi connectivity index (χ4n) is 5.58. The summed E-state index contributed by atoms with van der Waals surface area (Å²) >= 11 is 0. The zero-order valence-electron chi connectivity index (χ0n) is 22.8. The molecule has 0 amide bonds. The number of hydrogen-bond donors (Lipinski definition) is 0. The van der Waals surface area contributed by atoms with Gasteiger partial charge < -0.3 is 19.2 Å². The van der Waals surface area contributed by atoms with Crippen LogP contribution in [-0.4, -0.2) is 16.6 Å². The molecule has 1 aromatic heterocycles. The molecule has 1 fully saturated rings. The Morgan fingerprint density at radius 1 is 0.946 bits per heavy atom. The third-order valence-corrected chi connectivity index (χ3v) is 7.78. The first-order valence-electron chi connectivity index (χ1n) is 13.7. The summed E-state index contributed by atoms with van der Waals surface area (Å²) in [6.45, 7) is 5.54. The Kier molecular flexibility index (Phi) is 11.8. The Hall–Kier alpha value is -2.01. The number of carbonyl (C=O) groups excluding carboxylic acids is 1. The SMILES string of the molecule is CCCCCC1CCC(Cn2c(C)ccc2-c2ccc(O[C@H](Cc3ccccc3)C(=O)[O-])cc2)CC1.[Na+]. The van der Waals surface area contributed by atoms with Crippen LogP contribution in [0.25, 0.3) is 11.3 Å². The van der Waals surface area contributed by atoms with E-state index < -0.39 is 12.1 Å². The molecule has 2 aromatic carbocycles. The first-order chi connectivity index (χ1) is 17.5. The fourth-order valence-corrected chi connectivity index (χ4v) is 5.58. The summed E-state index contributed by atoms with van der Waals surface area (Å²) < 4.78 is 8.26. The van der Waals surface area contributed by atoms with Crippen molar-refractivity contribution in [2.75, 3.05) is 0 Å². The summed E-state index contributed by atoms with van der Waals surface area (Å²) in [7, 11) is 0.